The largest absolute Gasteiger partial charge is 0.350 e. The summed E-state index contributed by atoms with van der Waals surface area (Å²) in [4.78, 5) is 45.7. The zero-order chi connectivity index (χ0) is 25.6. The van der Waals surface area contributed by atoms with Crippen LogP contribution in [0.1, 0.15) is 46.3 Å². The van der Waals surface area contributed by atoms with Gasteiger partial charge < -0.3 is 20.1 Å². The summed E-state index contributed by atoms with van der Waals surface area (Å²) in [5.41, 5.74) is -0.367. The molecule has 1 aromatic heterocycles. The molecule has 1 fully saturated rings. The summed E-state index contributed by atoms with van der Waals surface area (Å²) in [6.07, 6.45) is 2.84. The topological polar surface area (TPSA) is 96.3 Å². The van der Waals surface area contributed by atoms with Gasteiger partial charge in [0.25, 0.3) is 11.8 Å². The van der Waals surface area contributed by atoms with Crippen LogP contribution in [0.25, 0.3) is 0 Å². The molecule has 0 saturated heterocycles. The number of halogens is 3. The predicted octanol–water partition coefficient (Wildman–Crippen LogP) is 3.76. The molecular weight excluding hydrogens is 492 g/mol. The molecule has 186 valence electrons. The number of rotatable bonds is 6. The zero-order valence-electron chi connectivity index (χ0n) is 19.2. The Bertz CT molecular complexity index is 1370. The number of nitrogens with zero attached hydrogens (tertiary/aromatic N) is 3. The van der Waals surface area contributed by atoms with E-state index in [9.17, 15) is 23.2 Å². The van der Waals surface area contributed by atoms with Crippen molar-refractivity contribution in [3.63, 3.8) is 0 Å². The van der Waals surface area contributed by atoms with Crippen LogP contribution in [0, 0.1) is 11.6 Å². The number of anilines is 1. The fourth-order valence-electron chi connectivity index (χ4n) is 4.47. The first-order valence-corrected chi connectivity index (χ1v) is 11.7. The van der Waals surface area contributed by atoms with Gasteiger partial charge in [-0.25, -0.2) is 13.8 Å². The van der Waals surface area contributed by atoms with Gasteiger partial charge in [-0.2, -0.15) is 0 Å². The molecule has 0 bridgehead atoms. The van der Waals surface area contributed by atoms with Gasteiger partial charge in [0.05, 0.1) is 23.6 Å². The molecule has 36 heavy (non-hydrogen) atoms. The van der Waals surface area contributed by atoms with Crippen LogP contribution < -0.4 is 10.6 Å². The molecule has 2 heterocycles. The number of hydrogen-bond acceptors (Lipinski definition) is 4. The smallest absolute Gasteiger partial charge is 0.276 e. The van der Waals surface area contributed by atoms with Gasteiger partial charge in [0, 0.05) is 12.6 Å². The van der Waals surface area contributed by atoms with Crippen molar-refractivity contribution in [3.8, 4) is 0 Å². The number of carbonyl (C=O) groups is 3. The molecule has 8 nitrogen and oxygen atoms in total. The summed E-state index contributed by atoms with van der Waals surface area (Å²) in [5, 5.41) is 5.43. The lowest BCUT2D eigenvalue weighted by molar-refractivity contribution is -0.133. The van der Waals surface area contributed by atoms with E-state index in [1.807, 2.05) is 0 Å². The number of hydrogen-bond donors (Lipinski definition) is 2. The van der Waals surface area contributed by atoms with Crippen LogP contribution in [0.3, 0.4) is 0 Å². The maximum Gasteiger partial charge on any atom is 0.276 e. The van der Waals surface area contributed by atoms with E-state index in [1.54, 1.807) is 19.1 Å². The molecule has 1 aliphatic carbocycles. The van der Waals surface area contributed by atoms with Crippen LogP contribution in [0.5, 0.6) is 0 Å². The van der Waals surface area contributed by atoms with Crippen LogP contribution in [-0.4, -0.2) is 43.8 Å². The van der Waals surface area contributed by atoms with Crippen LogP contribution in [0.2, 0.25) is 5.02 Å². The highest BCUT2D eigenvalue weighted by molar-refractivity contribution is 6.34. The minimum atomic E-state index is -1.22. The highest BCUT2D eigenvalue weighted by Gasteiger charge is 2.53. The second-order valence-corrected chi connectivity index (χ2v) is 9.54. The summed E-state index contributed by atoms with van der Waals surface area (Å²) < 4.78 is 28.0. The van der Waals surface area contributed by atoms with Gasteiger partial charge in [0.1, 0.15) is 22.9 Å². The molecule has 2 aromatic carbocycles. The van der Waals surface area contributed by atoms with Crippen LogP contribution >= 0.6 is 11.6 Å². The maximum atomic E-state index is 13.7. The van der Waals surface area contributed by atoms with Crippen molar-refractivity contribution in [2.75, 3.05) is 5.32 Å². The third-order valence-corrected chi connectivity index (χ3v) is 6.74. The summed E-state index contributed by atoms with van der Waals surface area (Å²) in [7, 11) is 0. The molecule has 3 amide bonds. The van der Waals surface area contributed by atoms with Crippen molar-refractivity contribution < 1.29 is 23.2 Å². The Hall–Kier alpha value is -3.79. The number of carbonyl (C=O) groups excluding carboxylic acids is 3. The number of fused-ring (bicyclic) bond motifs is 1. The summed E-state index contributed by atoms with van der Waals surface area (Å²) in [5.74, 6) is -2.44. The molecule has 2 N–H and O–H groups in total. The summed E-state index contributed by atoms with van der Waals surface area (Å²) in [6, 6.07) is 9.18. The SMILES string of the molecule is CC1(C(=O)NCc2ccc(F)cc2)Cn2cnc(C(=O)Nc3ccc(F)cc3Cl)c2C(=O)N1C1CC1. The molecule has 3 aromatic rings. The van der Waals surface area contributed by atoms with Gasteiger partial charge in [-0.3, -0.25) is 14.4 Å². The average Bonchev–Trinajstić information content (AvgIpc) is 3.57. The number of nitrogens with one attached hydrogen (secondary N) is 2. The van der Waals surface area contributed by atoms with Crippen molar-refractivity contribution in [1.82, 2.24) is 19.8 Å². The molecule has 5 rings (SSSR count). The van der Waals surface area contributed by atoms with Crippen LogP contribution in [0.4, 0.5) is 14.5 Å². The number of aromatic nitrogens is 2. The maximum absolute atomic E-state index is 13.7. The van der Waals surface area contributed by atoms with E-state index in [2.05, 4.69) is 15.6 Å². The van der Waals surface area contributed by atoms with Crippen molar-refractivity contribution >= 4 is 35.0 Å². The fourth-order valence-corrected chi connectivity index (χ4v) is 4.68. The molecule has 1 atom stereocenters. The van der Waals surface area contributed by atoms with E-state index in [0.29, 0.717) is 0 Å². The molecule has 0 spiro atoms. The molecule has 1 aliphatic heterocycles. The number of imidazole rings is 1. The van der Waals surface area contributed by atoms with E-state index in [-0.39, 0.29) is 53.0 Å². The van der Waals surface area contributed by atoms with Crippen molar-refractivity contribution in [1.29, 1.82) is 0 Å². The van der Waals surface area contributed by atoms with E-state index >= 15 is 0 Å². The van der Waals surface area contributed by atoms with Crippen LogP contribution in [-0.2, 0) is 17.9 Å². The van der Waals surface area contributed by atoms with Crippen molar-refractivity contribution in [2.24, 2.45) is 0 Å². The van der Waals surface area contributed by atoms with Gasteiger partial charge in [-0.15, -0.1) is 0 Å². The van der Waals surface area contributed by atoms with Crippen molar-refractivity contribution in [3.05, 3.63) is 82.4 Å². The van der Waals surface area contributed by atoms with E-state index in [4.69, 9.17) is 11.6 Å². The Morgan fingerprint density at radius 2 is 1.83 bits per heavy atom. The Morgan fingerprint density at radius 1 is 1.14 bits per heavy atom. The standard InChI is InChI=1S/C25H22ClF2N5O3/c1-25(24(36)29-11-14-2-4-15(27)5-3-14)12-32-13-30-20(21(32)23(35)33(25)17-7-8-17)22(34)31-19-9-6-16(28)10-18(19)26/h2-6,9-10,13,17H,7-8,11-12H2,1H3,(H,29,36)(H,31,34). The second kappa shape index (κ2) is 9.02. The lowest BCUT2D eigenvalue weighted by atomic mass is 9.93. The average molecular weight is 514 g/mol. The molecule has 0 radical (unpaired) electrons. The Balaban J connectivity index is 1.40. The minimum Gasteiger partial charge on any atom is -0.350 e. The third-order valence-electron chi connectivity index (χ3n) is 6.43. The normalized spacial score (nSPS) is 19.1. The number of amides is 3. The second-order valence-electron chi connectivity index (χ2n) is 9.14. The van der Waals surface area contributed by atoms with Crippen molar-refractivity contribution in [2.45, 2.75) is 44.4 Å². The predicted molar refractivity (Wildman–Crippen MR) is 127 cm³/mol. The fraction of sp³-hybridized carbons (Fsp3) is 0.280. The Kier molecular flexibility index (Phi) is 5.99. The summed E-state index contributed by atoms with van der Waals surface area (Å²) in [6.45, 7) is 1.95. The van der Waals surface area contributed by atoms with E-state index < -0.39 is 23.2 Å². The molecule has 2 aliphatic rings. The Labute approximate surface area is 210 Å². The van der Waals surface area contributed by atoms with E-state index in [1.165, 1.54) is 34.0 Å². The van der Waals surface area contributed by atoms with Gasteiger partial charge in [0.15, 0.2) is 5.69 Å². The van der Waals surface area contributed by atoms with Gasteiger partial charge in [-0.05, 0) is 55.7 Å². The van der Waals surface area contributed by atoms with Crippen LogP contribution in [0.15, 0.2) is 48.8 Å². The first-order valence-electron chi connectivity index (χ1n) is 11.4. The quantitative estimate of drug-likeness (QED) is 0.524. The highest BCUT2D eigenvalue weighted by Crippen LogP contribution is 2.39. The molecule has 1 unspecified atom stereocenters. The van der Waals surface area contributed by atoms with E-state index in [0.717, 1.165) is 30.5 Å². The first-order chi connectivity index (χ1) is 17.2. The molecule has 11 heteroatoms. The molecule has 1 saturated carbocycles. The summed E-state index contributed by atoms with van der Waals surface area (Å²) >= 11 is 6.02. The van der Waals surface area contributed by atoms with Gasteiger partial charge >= 0.3 is 0 Å². The van der Waals surface area contributed by atoms with Gasteiger partial charge in [-0.1, -0.05) is 23.7 Å². The van der Waals surface area contributed by atoms with Gasteiger partial charge in [0.2, 0.25) is 5.91 Å². The first kappa shape index (κ1) is 23.9. The lowest BCUT2D eigenvalue weighted by Crippen LogP contribution is -2.64. The highest BCUT2D eigenvalue weighted by atomic mass is 35.5. The number of benzene rings is 2. The minimum absolute atomic E-state index is 0.00719. The monoisotopic (exact) mass is 513 g/mol. The third kappa shape index (κ3) is 4.32. The lowest BCUT2D eigenvalue weighted by Gasteiger charge is -2.44. The Morgan fingerprint density at radius 3 is 2.50 bits per heavy atom. The molecular formula is C25H22ClF2N5O3. The zero-order valence-corrected chi connectivity index (χ0v) is 20.0.